The van der Waals surface area contributed by atoms with Gasteiger partial charge in [-0.3, -0.25) is 9.67 Å². The van der Waals surface area contributed by atoms with Crippen LogP contribution in [0.1, 0.15) is 17.3 Å². The fourth-order valence-electron chi connectivity index (χ4n) is 2.38. The molecule has 0 bridgehead atoms. The molecule has 2 N–H and O–H groups in total. The third kappa shape index (κ3) is 5.43. The summed E-state index contributed by atoms with van der Waals surface area (Å²) in [5, 5.41) is 14.0. The van der Waals surface area contributed by atoms with Crippen LogP contribution in [-0.4, -0.2) is 67.4 Å². The number of rotatable bonds is 7. The van der Waals surface area contributed by atoms with Crippen LogP contribution in [0.2, 0.25) is 0 Å². The standard InChI is InChI=1S/C16H28N8S/c1-17-15(18-8-13-11-25-16(21-13)23(4)5)19-9-14(22(2)3)12-7-20-24(6)10-12/h7,10-11,14H,8-9H2,1-6H3,(H2,17,18,19). The summed E-state index contributed by atoms with van der Waals surface area (Å²) in [5.41, 5.74) is 2.18. The summed E-state index contributed by atoms with van der Waals surface area (Å²) in [7, 11) is 11.8. The number of hydrogen-bond acceptors (Lipinski definition) is 6. The van der Waals surface area contributed by atoms with E-state index in [9.17, 15) is 0 Å². The third-order valence-electron chi connectivity index (χ3n) is 3.78. The predicted octanol–water partition coefficient (Wildman–Crippen LogP) is 0.911. The summed E-state index contributed by atoms with van der Waals surface area (Å²) in [5.74, 6) is 0.759. The average molecular weight is 365 g/mol. The Morgan fingerprint density at radius 2 is 2.08 bits per heavy atom. The first kappa shape index (κ1) is 19.2. The first-order valence-corrected chi connectivity index (χ1v) is 9.00. The van der Waals surface area contributed by atoms with Crippen LogP contribution in [0.3, 0.4) is 0 Å². The fourth-order valence-corrected chi connectivity index (χ4v) is 3.14. The van der Waals surface area contributed by atoms with E-state index in [-0.39, 0.29) is 6.04 Å². The second kappa shape index (κ2) is 8.82. The van der Waals surface area contributed by atoms with Gasteiger partial charge in [0.1, 0.15) is 0 Å². The number of guanidine groups is 1. The Hall–Kier alpha value is -2.13. The van der Waals surface area contributed by atoms with E-state index in [0.717, 1.165) is 23.3 Å². The van der Waals surface area contributed by atoms with Crippen LogP contribution in [-0.2, 0) is 13.6 Å². The highest BCUT2D eigenvalue weighted by Gasteiger charge is 2.16. The van der Waals surface area contributed by atoms with Gasteiger partial charge in [-0.15, -0.1) is 11.3 Å². The molecule has 2 aromatic heterocycles. The lowest BCUT2D eigenvalue weighted by molar-refractivity contribution is 0.298. The number of aryl methyl sites for hydroxylation is 1. The van der Waals surface area contributed by atoms with Crippen LogP contribution >= 0.6 is 11.3 Å². The maximum atomic E-state index is 4.57. The van der Waals surface area contributed by atoms with Crippen molar-refractivity contribution in [1.82, 2.24) is 30.3 Å². The van der Waals surface area contributed by atoms with Crippen molar-refractivity contribution < 1.29 is 0 Å². The predicted molar refractivity (Wildman–Crippen MR) is 104 cm³/mol. The molecule has 0 aromatic carbocycles. The first-order chi connectivity index (χ1) is 11.9. The van der Waals surface area contributed by atoms with Gasteiger partial charge in [0.05, 0.1) is 24.5 Å². The normalized spacial score (nSPS) is 13.2. The van der Waals surface area contributed by atoms with Gasteiger partial charge in [-0.1, -0.05) is 0 Å². The zero-order valence-electron chi connectivity index (χ0n) is 15.8. The van der Waals surface area contributed by atoms with E-state index >= 15 is 0 Å². The molecule has 0 aliphatic carbocycles. The monoisotopic (exact) mass is 364 g/mol. The van der Waals surface area contributed by atoms with Crippen molar-refractivity contribution in [2.45, 2.75) is 12.6 Å². The fraction of sp³-hybridized carbons (Fsp3) is 0.562. The smallest absolute Gasteiger partial charge is 0.191 e. The summed E-state index contributed by atoms with van der Waals surface area (Å²) in [6.45, 7) is 1.38. The van der Waals surface area contributed by atoms with Gasteiger partial charge >= 0.3 is 0 Å². The molecule has 2 rings (SSSR count). The van der Waals surface area contributed by atoms with Gasteiger partial charge in [0.2, 0.25) is 0 Å². The number of nitrogens with one attached hydrogen (secondary N) is 2. The van der Waals surface area contributed by atoms with Crippen LogP contribution in [0.15, 0.2) is 22.8 Å². The molecule has 0 amide bonds. The largest absolute Gasteiger partial charge is 0.354 e. The summed E-state index contributed by atoms with van der Waals surface area (Å²) >= 11 is 1.64. The third-order valence-corrected chi connectivity index (χ3v) is 4.84. The Bertz CT molecular complexity index is 688. The molecule has 1 atom stereocenters. The highest BCUT2D eigenvalue weighted by molar-refractivity contribution is 7.13. The molecule has 0 radical (unpaired) electrons. The van der Waals surface area contributed by atoms with Crippen molar-refractivity contribution in [3.8, 4) is 0 Å². The van der Waals surface area contributed by atoms with Gasteiger partial charge in [0, 0.05) is 51.9 Å². The molecule has 1 unspecified atom stereocenters. The number of aromatic nitrogens is 3. The maximum Gasteiger partial charge on any atom is 0.191 e. The van der Waals surface area contributed by atoms with Crippen molar-refractivity contribution in [2.75, 3.05) is 46.7 Å². The highest BCUT2D eigenvalue weighted by atomic mass is 32.1. The molecule has 0 spiro atoms. The van der Waals surface area contributed by atoms with E-state index in [2.05, 4.69) is 50.1 Å². The Morgan fingerprint density at radius 3 is 2.60 bits per heavy atom. The van der Waals surface area contributed by atoms with Crippen LogP contribution in [0, 0.1) is 0 Å². The molecular weight excluding hydrogens is 336 g/mol. The van der Waals surface area contributed by atoms with E-state index in [1.807, 2.05) is 43.1 Å². The topological polar surface area (TPSA) is 73.6 Å². The molecule has 138 valence electrons. The maximum absolute atomic E-state index is 4.57. The Labute approximate surface area is 153 Å². The second-order valence-corrected chi connectivity index (χ2v) is 7.09. The van der Waals surface area contributed by atoms with Gasteiger partial charge in [0.25, 0.3) is 0 Å². The van der Waals surface area contributed by atoms with Gasteiger partial charge in [0.15, 0.2) is 11.1 Å². The van der Waals surface area contributed by atoms with Crippen LogP contribution < -0.4 is 15.5 Å². The van der Waals surface area contributed by atoms with Crippen molar-refractivity contribution in [3.05, 3.63) is 29.0 Å². The van der Waals surface area contributed by atoms with Crippen molar-refractivity contribution in [1.29, 1.82) is 0 Å². The Kier molecular flexibility index (Phi) is 6.77. The van der Waals surface area contributed by atoms with Crippen molar-refractivity contribution in [2.24, 2.45) is 12.0 Å². The molecular formula is C16H28N8S. The molecule has 8 nitrogen and oxygen atoms in total. The lowest BCUT2D eigenvalue weighted by Gasteiger charge is -2.24. The van der Waals surface area contributed by atoms with Crippen molar-refractivity contribution in [3.63, 3.8) is 0 Å². The summed E-state index contributed by atoms with van der Waals surface area (Å²) in [6, 6.07) is 0.215. The minimum atomic E-state index is 0.215. The summed E-state index contributed by atoms with van der Waals surface area (Å²) in [4.78, 5) is 13.0. The van der Waals surface area contributed by atoms with Gasteiger partial charge < -0.3 is 20.4 Å². The lowest BCUT2D eigenvalue weighted by atomic mass is 10.1. The van der Waals surface area contributed by atoms with Crippen LogP contribution in [0.4, 0.5) is 5.13 Å². The van der Waals surface area contributed by atoms with E-state index in [1.165, 1.54) is 5.56 Å². The summed E-state index contributed by atoms with van der Waals surface area (Å²) in [6.07, 6.45) is 3.95. The molecule has 0 fully saturated rings. The van der Waals surface area contributed by atoms with Gasteiger partial charge in [-0.05, 0) is 14.1 Å². The minimum Gasteiger partial charge on any atom is -0.354 e. The molecule has 0 aliphatic rings. The molecule has 25 heavy (non-hydrogen) atoms. The zero-order valence-corrected chi connectivity index (χ0v) is 16.6. The van der Waals surface area contributed by atoms with Gasteiger partial charge in [-0.2, -0.15) is 5.10 Å². The Morgan fingerprint density at radius 1 is 1.32 bits per heavy atom. The highest BCUT2D eigenvalue weighted by Crippen LogP contribution is 2.18. The first-order valence-electron chi connectivity index (χ1n) is 8.12. The van der Waals surface area contributed by atoms with E-state index < -0.39 is 0 Å². The average Bonchev–Trinajstić information content (AvgIpc) is 3.19. The van der Waals surface area contributed by atoms with Crippen LogP contribution in [0.5, 0.6) is 0 Å². The number of anilines is 1. The minimum absolute atomic E-state index is 0.215. The number of aliphatic imine (C=N–C) groups is 1. The molecule has 0 saturated heterocycles. The quantitative estimate of drug-likeness (QED) is 0.562. The lowest BCUT2D eigenvalue weighted by Crippen LogP contribution is -2.41. The van der Waals surface area contributed by atoms with E-state index in [4.69, 9.17) is 0 Å². The van der Waals surface area contributed by atoms with Crippen LogP contribution in [0.25, 0.3) is 0 Å². The molecule has 9 heteroatoms. The summed E-state index contributed by atoms with van der Waals surface area (Å²) < 4.78 is 1.82. The Balaban J connectivity index is 1.90. The van der Waals surface area contributed by atoms with E-state index in [1.54, 1.807) is 18.4 Å². The second-order valence-electron chi connectivity index (χ2n) is 6.25. The number of thiazole rings is 1. The number of likely N-dealkylation sites (N-methyl/N-ethyl adjacent to an activating group) is 1. The molecule has 2 aromatic rings. The van der Waals surface area contributed by atoms with Gasteiger partial charge in [-0.25, -0.2) is 4.98 Å². The number of nitrogens with zero attached hydrogens (tertiary/aromatic N) is 6. The van der Waals surface area contributed by atoms with Crippen molar-refractivity contribution >= 4 is 22.4 Å². The SMILES string of the molecule is CN=C(NCc1csc(N(C)C)n1)NCC(c1cnn(C)c1)N(C)C. The number of hydrogen-bond donors (Lipinski definition) is 2. The molecule has 0 saturated carbocycles. The zero-order chi connectivity index (χ0) is 18.4. The van der Waals surface area contributed by atoms with E-state index in [0.29, 0.717) is 6.54 Å². The molecule has 2 heterocycles. The molecule has 0 aliphatic heterocycles.